The third kappa shape index (κ3) is 6.17. The molecule has 0 aliphatic carbocycles. The number of aromatic nitrogens is 12. The van der Waals surface area contributed by atoms with Crippen LogP contribution >= 0.6 is 0 Å². The van der Waals surface area contributed by atoms with Crippen LogP contribution in [0.1, 0.15) is 0 Å². The SMILES string of the molecule is c1cncc(-c2nc(-c3ccc([Si]4(c5ccc(-c6nc(-c7cccnc7)nc(-c7cccnc7)n6)cc5)c5ccccc5-n5c4nc4ccccc45)cc3)nc(-c3cccnc3)n2)c1. The van der Waals surface area contributed by atoms with Crippen molar-refractivity contribution in [2.45, 2.75) is 0 Å². The van der Waals surface area contributed by atoms with Gasteiger partial charge in [0.15, 0.2) is 34.9 Å². The van der Waals surface area contributed by atoms with Gasteiger partial charge in [-0.3, -0.25) is 24.5 Å². The molecule has 4 aromatic carbocycles. The minimum absolute atomic E-state index is 0.531. The Balaban J connectivity index is 1.03. The molecule has 8 heterocycles. The predicted molar refractivity (Wildman–Crippen MR) is 249 cm³/mol. The highest BCUT2D eigenvalue weighted by atomic mass is 28.3. The highest BCUT2D eigenvalue weighted by Crippen LogP contribution is 2.29. The van der Waals surface area contributed by atoms with Gasteiger partial charge in [0.1, 0.15) is 5.45 Å². The van der Waals surface area contributed by atoms with Gasteiger partial charge in [-0.05, 0) is 82.3 Å². The van der Waals surface area contributed by atoms with E-state index in [4.69, 9.17) is 34.9 Å². The number of rotatable bonds is 8. The van der Waals surface area contributed by atoms with Crippen LogP contribution in [-0.2, 0) is 0 Å². The van der Waals surface area contributed by atoms with Crippen molar-refractivity contribution in [3.05, 3.63) is 195 Å². The fourth-order valence-electron chi connectivity index (χ4n) is 8.61. The van der Waals surface area contributed by atoms with E-state index < -0.39 is 8.07 Å². The summed E-state index contributed by atoms with van der Waals surface area (Å²) in [5.41, 5.74) is 9.06. The molecule has 12 nitrogen and oxygen atoms in total. The molecule has 1 aliphatic rings. The van der Waals surface area contributed by atoms with Crippen molar-refractivity contribution in [1.29, 1.82) is 0 Å². The van der Waals surface area contributed by atoms with Gasteiger partial charge < -0.3 is 0 Å². The van der Waals surface area contributed by atoms with Crippen molar-refractivity contribution in [2.24, 2.45) is 0 Å². The standard InChI is InChI=1S/C51H32N12Si/c1-2-14-42-41(13-1)56-51-63(42)43-15-3-4-16-44(43)64(51,39-21-17-33(18-22-39)45-57-47(35-9-5-25-52-29-35)61-48(58-45)36-10-6-26-53-30-36)40-23-19-34(20-24-40)46-59-49(37-11-7-27-54-31-37)62-50(60-46)38-12-8-28-55-32-38/h1-32H. The molecule has 0 atom stereocenters. The van der Waals surface area contributed by atoms with E-state index in [1.54, 1.807) is 49.6 Å². The molecule has 0 unspecified atom stereocenters. The Morgan fingerprint density at radius 2 is 0.719 bits per heavy atom. The Hall–Kier alpha value is -8.81. The average molecular weight is 841 g/mol. The molecule has 12 rings (SSSR count). The summed E-state index contributed by atoms with van der Waals surface area (Å²) in [6, 6.07) is 49.8. The summed E-state index contributed by atoms with van der Waals surface area (Å²) in [5.74, 6) is 3.22. The summed E-state index contributed by atoms with van der Waals surface area (Å²) in [6.45, 7) is 0. The van der Waals surface area contributed by atoms with E-state index in [0.29, 0.717) is 34.9 Å². The first-order chi connectivity index (χ1) is 31.7. The average Bonchev–Trinajstić information content (AvgIpc) is 3.91. The van der Waals surface area contributed by atoms with Gasteiger partial charge in [0.2, 0.25) is 8.07 Å². The summed E-state index contributed by atoms with van der Waals surface area (Å²) >= 11 is 0. The van der Waals surface area contributed by atoms with E-state index in [1.807, 2.05) is 54.6 Å². The summed E-state index contributed by atoms with van der Waals surface area (Å²) in [5, 5.41) is 3.58. The fourth-order valence-corrected chi connectivity index (χ4v) is 13.4. The Morgan fingerprint density at radius 1 is 0.328 bits per heavy atom. The molecule has 0 saturated carbocycles. The molecule has 11 aromatic rings. The number of benzene rings is 4. The third-order valence-electron chi connectivity index (χ3n) is 11.5. The van der Waals surface area contributed by atoms with Crippen LogP contribution in [0, 0.1) is 0 Å². The maximum atomic E-state index is 5.49. The molecular formula is C51H32N12Si. The van der Waals surface area contributed by atoms with Crippen LogP contribution in [0.25, 0.3) is 85.0 Å². The van der Waals surface area contributed by atoms with Gasteiger partial charge in [0.05, 0.1) is 11.0 Å². The molecule has 7 aromatic heterocycles. The molecule has 0 fully saturated rings. The predicted octanol–water partition coefficient (Wildman–Crippen LogP) is 6.67. The van der Waals surface area contributed by atoms with E-state index in [9.17, 15) is 0 Å². The van der Waals surface area contributed by atoms with E-state index >= 15 is 0 Å². The number of para-hydroxylation sites is 3. The monoisotopic (exact) mass is 840 g/mol. The molecule has 0 N–H and O–H groups in total. The summed E-state index contributed by atoms with van der Waals surface area (Å²) < 4.78 is 2.36. The number of pyridine rings is 4. The molecule has 0 bridgehead atoms. The zero-order valence-corrected chi connectivity index (χ0v) is 34.8. The molecule has 13 heteroatoms. The minimum Gasteiger partial charge on any atom is -0.299 e. The van der Waals surface area contributed by atoms with Gasteiger partial charge in [0, 0.05) is 88.6 Å². The first kappa shape index (κ1) is 37.0. The molecule has 64 heavy (non-hydrogen) atoms. The second-order valence-electron chi connectivity index (χ2n) is 15.3. The van der Waals surface area contributed by atoms with Crippen molar-refractivity contribution < 1.29 is 0 Å². The first-order valence-electron chi connectivity index (χ1n) is 20.6. The lowest BCUT2D eigenvalue weighted by atomic mass is 10.2. The van der Waals surface area contributed by atoms with Crippen molar-refractivity contribution in [3.8, 4) is 74.0 Å². The minimum atomic E-state index is -3.10. The van der Waals surface area contributed by atoms with E-state index in [0.717, 1.165) is 65.9 Å². The molecule has 300 valence electrons. The van der Waals surface area contributed by atoms with Crippen LogP contribution in [0.3, 0.4) is 0 Å². The Morgan fingerprint density at radius 3 is 1.14 bits per heavy atom. The molecular weight excluding hydrogens is 809 g/mol. The van der Waals surface area contributed by atoms with Crippen molar-refractivity contribution >= 4 is 40.1 Å². The number of imidazole rings is 1. The van der Waals surface area contributed by atoms with Crippen LogP contribution in [0.15, 0.2) is 195 Å². The Kier molecular flexibility index (Phi) is 8.83. The highest BCUT2D eigenvalue weighted by molar-refractivity contribution is 7.20. The van der Waals surface area contributed by atoms with E-state index in [1.165, 1.54) is 5.19 Å². The molecule has 0 saturated heterocycles. The highest BCUT2D eigenvalue weighted by Gasteiger charge is 2.51. The number of nitrogens with zero attached hydrogens (tertiary/aromatic N) is 12. The van der Waals surface area contributed by atoms with Gasteiger partial charge in [-0.15, -0.1) is 0 Å². The fraction of sp³-hybridized carbons (Fsp3) is 0. The van der Waals surface area contributed by atoms with E-state index in [-0.39, 0.29) is 0 Å². The second kappa shape index (κ2) is 15.3. The summed E-state index contributed by atoms with van der Waals surface area (Å²) in [7, 11) is -3.10. The lowest BCUT2D eigenvalue weighted by molar-refractivity contribution is 1.07. The molecule has 0 spiro atoms. The summed E-state index contributed by atoms with van der Waals surface area (Å²) in [6.07, 6.45) is 14.0. The van der Waals surface area contributed by atoms with Gasteiger partial charge in [-0.25, -0.2) is 34.9 Å². The van der Waals surface area contributed by atoms with E-state index in [2.05, 4.69) is 115 Å². The maximum Gasteiger partial charge on any atom is 0.226 e. The normalized spacial score (nSPS) is 12.5. The maximum absolute atomic E-state index is 5.49. The van der Waals surface area contributed by atoms with Gasteiger partial charge in [-0.2, -0.15) is 0 Å². The molecule has 0 radical (unpaired) electrons. The number of hydrogen-bond donors (Lipinski definition) is 0. The van der Waals surface area contributed by atoms with Crippen LogP contribution in [-0.4, -0.2) is 67.5 Å². The van der Waals surface area contributed by atoms with Crippen molar-refractivity contribution in [1.82, 2.24) is 59.4 Å². The van der Waals surface area contributed by atoms with Crippen LogP contribution in [0.4, 0.5) is 0 Å². The number of hydrogen-bond acceptors (Lipinski definition) is 11. The number of fused-ring (bicyclic) bond motifs is 5. The molecule has 1 aliphatic heterocycles. The van der Waals surface area contributed by atoms with Gasteiger partial charge in [-0.1, -0.05) is 78.9 Å². The zero-order chi connectivity index (χ0) is 42.5. The van der Waals surface area contributed by atoms with Gasteiger partial charge >= 0.3 is 0 Å². The molecule has 0 amide bonds. The Labute approximate surface area is 367 Å². The first-order valence-corrected chi connectivity index (χ1v) is 22.6. The van der Waals surface area contributed by atoms with Crippen LogP contribution in [0.5, 0.6) is 0 Å². The van der Waals surface area contributed by atoms with Crippen LogP contribution in [0.2, 0.25) is 0 Å². The second-order valence-corrected chi connectivity index (χ2v) is 18.9. The lowest BCUT2D eigenvalue weighted by Crippen LogP contribution is -2.73. The van der Waals surface area contributed by atoms with Crippen LogP contribution < -0.4 is 21.0 Å². The topological polar surface area (TPSA) is 147 Å². The quantitative estimate of drug-likeness (QED) is 0.151. The lowest BCUT2D eigenvalue weighted by Gasteiger charge is -2.28. The van der Waals surface area contributed by atoms with Gasteiger partial charge in [0.25, 0.3) is 0 Å². The smallest absolute Gasteiger partial charge is 0.226 e. The largest absolute Gasteiger partial charge is 0.299 e. The third-order valence-corrected chi connectivity index (χ3v) is 16.2. The summed E-state index contributed by atoms with van der Waals surface area (Å²) in [4.78, 5) is 52.5. The zero-order valence-electron chi connectivity index (χ0n) is 33.8. The van der Waals surface area contributed by atoms with Crippen molar-refractivity contribution in [3.63, 3.8) is 0 Å². The Bertz CT molecular complexity index is 3200. The van der Waals surface area contributed by atoms with Crippen molar-refractivity contribution in [2.75, 3.05) is 0 Å².